The van der Waals surface area contributed by atoms with Crippen LogP contribution >= 0.6 is 24.0 Å². The summed E-state index contributed by atoms with van der Waals surface area (Å²) in [7, 11) is 6.83. The molecule has 170 valence electrons. The summed E-state index contributed by atoms with van der Waals surface area (Å²) >= 11 is 0. The highest BCUT2D eigenvalue weighted by Crippen LogP contribution is 2.33. The zero-order valence-corrected chi connectivity index (χ0v) is 21.1. The largest absolute Gasteiger partial charge is 0.496 e. The van der Waals surface area contributed by atoms with Gasteiger partial charge >= 0.3 is 0 Å². The molecule has 0 atom stereocenters. The number of rotatable bonds is 8. The van der Waals surface area contributed by atoms with Crippen LogP contribution in [0.25, 0.3) is 0 Å². The lowest BCUT2D eigenvalue weighted by Crippen LogP contribution is -2.42. The summed E-state index contributed by atoms with van der Waals surface area (Å²) in [6, 6.07) is 12.2. The van der Waals surface area contributed by atoms with Crippen LogP contribution in [0.3, 0.4) is 0 Å². The molecule has 2 aromatic carbocycles. The molecule has 0 saturated carbocycles. The summed E-state index contributed by atoms with van der Waals surface area (Å²) in [5.74, 6) is 3.25. The molecule has 8 heteroatoms. The number of para-hydroxylation sites is 1. The minimum absolute atomic E-state index is 0. The highest BCUT2D eigenvalue weighted by Gasteiger charge is 2.19. The Balaban J connectivity index is 0.00000341. The van der Waals surface area contributed by atoms with Gasteiger partial charge in [-0.2, -0.15) is 0 Å². The van der Waals surface area contributed by atoms with Crippen LogP contribution in [0.2, 0.25) is 0 Å². The first kappa shape index (κ1) is 25.1. The van der Waals surface area contributed by atoms with Crippen molar-refractivity contribution in [1.29, 1.82) is 0 Å². The second kappa shape index (κ2) is 12.6. The number of hydrogen-bond donors (Lipinski definition) is 2. The third kappa shape index (κ3) is 6.64. The molecule has 2 aromatic rings. The van der Waals surface area contributed by atoms with Gasteiger partial charge in [0.2, 0.25) is 0 Å². The standard InChI is InChI=1S/C23H32N4O3.HI/c1-24-23(26-15-18-7-5-6-8-20(18)28-2)25-10-12-27-11-9-17-13-21(29-3)22(30-4)14-19(17)16-27;/h5-8,13-14H,9-12,15-16H2,1-4H3,(H2,24,25,26);1H. The van der Waals surface area contributed by atoms with Crippen LogP contribution in [0.5, 0.6) is 17.2 Å². The molecule has 0 spiro atoms. The Morgan fingerprint density at radius 2 is 1.65 bits per heavy atom. The molecule has 0 unspecified atom stereocenters. The van der Waals surface area contributed by atoms with Crippen molar-refractivity contribution in [3.05, 3.63) is 53.1 Å². The Labute approximate surface area is 202 Å². The van der Waals surface area contributed by atoms with E-state index in [4.69, 9.17) is 14.2 Å². The highest BCUT2D eigenvalue weighted by molar-refractivity contribution is 14.0. The van der Waals surface area contributed by atoms with E-state index >= 15 is 0 Å². The van der Waals surface area contributed by atoms with Crippen LogP contribution in [-0.4, -0.2) is 58.9 Å². The molecule has 0 bridgehead atoms. The number of aliphatic imine (C=N–C) groups is 1. The van der Waals surface area contributed by atoms with Crippen LogP contribution < -0.4 is 24.8 Å². The maximum atomic E-state index is 5.46. The molecule has 0 aromatic heterocycles. The molecule has 31 heavy (non-hydrogen) atoms. The molecule has 2 N–H and O–H groups in total. The molecule has 1 heterocycles. The second-order valence-corrected chi connectivity index (χ2v) is 7.17. The fraction of sp³-hybridized carbons (Fsp3) is 0.435. The van der Waals surface area contributed by atoms with Crippen molar-refractivity contribution in [3.63, 3.8) is 0 Å². The van der Waals surface area contributed by atoms with Gasteiger partial charge in [-0.25, -0.2) is 0 Å². The van der Waals surface area contributed by atoms with E-state index < -0.39 is 0 Å². The van der Waals surface area contributed by atoms with Crippen molar-refractivity contribution >= 4 is 29.9 Å². The van der Waals surface area contributed by atoms with Crippen LogP contribution in [0, 0.1) is 0 Å². The Hall–Kier alpha value is -2.20. The third-order valence-electron chi connectivity index (χ3n) is 5.38. The number of ether oxygens (including phenoxy) is 3. The minimum Gasteiger partial charge on any atom is -0.496 e. The summed E-state index contributed by atoms with van der Waals surface area (Å²) in [6.45, 7) is 4.34. The van der Waals surface area contributed by atoms with Gasteiger partial charge in [-0.3, -0.25) is 9.89 Å². The van der Waals surface area contributed by atoms with Gasteiger partial charge < -0.3 is 24.8 Å². The van der Waals surface area contributed by atoms with E-state index in [0.29, 0.717) is 6.54 Å². The number of benzene rings is 2. The number of halogens is 1. The molecule has 0 amide bonds. The lowest BCUT2D eigenvalue weighted by atomic mass is 9.99. The number of nitrogens with one attached hydrogen (secondary N) is 2. The Bertz CT molecular complexity index is 876. The van der Waals surface area contributed by atoms with Gasteiger partial charge in [0.05, 0.1) is 21.3 Å². The molecule has 3 rings (SSSR count). The van der Waals surface area contributed by atoms with Gasteiger partial charge in [0.1, 0.15) is 5.75 Å². The predicted molar refractivity (Wildman–Crippen MR) is 135 cm³/mol. The van der Waals surface area contributed by atoms with Crippen molar-refractivity contribution in [1.82, 2.24) is 15.5 Å². The van der Waals surface area contributed by atoms with E-state index in [1.54, 1.807) is 28.4 Å². The molecule has 1 aliphatic rings. The quantitative estimate of drug-likeness (QED) is 0.305. The van der Waals surface area contributed by atoms with Gasteiger partial charge in [-0.05, 0) is 35.7 Å². The number of fused-ring (bicyclic) bond motifs is 1. The van der Waals surface area contributed by atoms with Crippen LogP contribution in [0.1, 0.15) is 16.7 Å². The topological polar surface area (TPSA) is 67.4 Å². The number of hydrogen-bond acceptors (Lipinski definition) is 5. The number of nitrogens with zero attached hydrogens (tertiary/aromatic N) is 2. The van der Waals surface area contributed by atoms with E-state index in [1.807, 2.05) is 24.3 Å². The molecular formula is C23H33IN4O3. The predicted octanol–water partition coefficient (Wildman–Crippen LogP) is 3.05. The van der Waals surface area contributed by atoms with Crippen molar-refractivity contribution in [2.45, 2.75) is 19.5 Å². The first-order valence-corrected chi connectivity index (χ1v) is 10.2. The fourth-order valence-electron chi connectivity index (χ4n) is 3.71. The summed E-state index contributed by atoms with van der Waals surface area (Å²) in [5, 5.41) is 6.75. The van der Waals surface area contributed by atoms with Crippen LogP contribution in [0.15, 0.2) is 41.4 Å². The number of guanidine groups is 1. The maximum Gasteiger partial charge on any atom is 0.191 e. The summed E-state index contributed by atoms with van der Waals surface area (Å²) in [4.78, 5) is 6.76. The first-order chi connectivity index (χ1) is 14.7. The lowest BCUT2D eigenvalue weighted by Gasteiger charge is -2.29. The maximum absolute atomic E-state index is 5.46. The van der Waals surface area contributed by atoms with Crippen molar-refractivity contribution in [3.8, 4) is 17.2 Å². The van der Waals surface area contributed by atoms with E-state index in [1.165, 1.54) is 11.1 Å². The van der Waals surface area contributed by atoms with Gasteiger partial charge in [0.25, 0.3) is 0 Å². The number of methoxy groups -OCH3 is 3. The van der Waals surface area contributed by atoms with Crippen LogP contribution in [-0.2, 0) is 19.5 Å². The monoisotopic (exact) mass is 540 g/mol. The normalized spacial score (nSPS) is 13.6. The lowest BCUT2D eigenvalue weighted by molar-refractivity contribution is 0.256. The van der Waals surface area contributed by atoms with Crippen molar-refractivity contribution in [2.75, 3.05) is 48.0 Å². The molecule has 0 saturated heterocycles. The molecule has 0 fully saturated rings. The van der Waals surface area contributed by atoms with Crippen molar-refractivity contribution in [2.24, 2.45) is 4.99 Å². The SMILES string of the molecule is CN=C(NCCN1CCc2cc(OC)c(OC)cc2C1)NCc1ccccc1OC.I. The zero-order chi connectivity index (χ0) is 21.3. The van der Waals surface area contributed by atoms with E-state index in [2.05, 4.69) is 32.7 Å². The molecule has 0 aliphatic carbocycles. The highest BCUT2D eigenvalue weighted by atomic mass is 127. The smallest absolute Gasteiger partial charge is 0.191 e. The van der Waals surface area contributed by atoms with E-state index in [9.17, 15) is 0 Å². The van der Waals surface area contributed by atoms with Gasteiger partial charge in [0.15, 0.2) is 17.5 Å². The molecular weight excluding hydrogens is 507 g/mol. The van der Waals surface area contributed by atoms with Gasteiger partial charge in [-0.15, -0.1) is 24.0 Å². The summed E-state index contributed by atoms with van der Waals surface area (Å²) < 4.78 is 16.3. The zero-order valence-electron chi connectivity index (χ0n) is 18.7. The fourth-order valence-corrected chi connectivity index (χ4v) is 3.71. The third-order valence-corrected chi connectivity index (χ3v) is 5.38. The van der Waals surface area contributed by atoms with Gasteiger partial charge in [0, 0.05) is 45.3 Å². The Kier molecular flexibility index (Phi) is 10.2. The molecule has 1 aliphatic heterocycles. The minimum atomic E-state index is 0. The average molecular weight is 540 g/mol. The van der Waals surface area contributed by atoms with E-state index in [0.717, 1.165) is 61.4 Å². The Morgan fingerprint density at radius 1 is 0.968 bits per heavy atom. The average Bonchev–Trinajstić information content (AvgIpc) is 2.80. The van der Waals surface area contributed by atoms with Crippen molar-refractivity contribution < 1.29 is 14.2 Å². The first-order valence-electron chi connectivity index (χ1n) is 10.2. The Morgan fingerprint density at radius 3 is 2.32 bits per heavy atom. The van der Waals surface area contributed by atoms with E-state index in [-0.39, 0.29) is 24.0 Å². The second-order valence-electron chi connectivity index (χ2n) is 7.17. The molecule has 0 radical (unpaired) electrons. The summed E-state index contributed by atoms with van der Waals surface area (Å²) in [5.41, 5.74) is 3.74. The van der Waals surface area contributed by atoms with Gasteiger partial charge in [-0.1, -0.05) is 18.2 Å². The van der Waals surface area contributed by atoms with Crippen LogP contribution in [0.4, 0.5) is 0 Å². The molecule has 7 nitrogen and oxygen atoms in total. The summed E-state index contributed by atoms with van der Waals surface area (Å²) in [6.07, 6.45) is 1.01.